The van der Waals surface area contributed by atoms with Gasteiger partial charge in [0.05, 0.1) is 6.21 Å². The second-order valence-electron chi connectivity index (χ2n) is 4.40. The number of nitrogens with one attached hydrogen (secondary N) is 1. The van der Waals surface area contributed by atoms with Crippen molar-refractivity contribution in [1.82, 2.24) is 5.43 Å². The molecule has 0 aliphatic carbocycles. The van der Waals surface area contributed by atoms with Gasteiger partial charge in [0.25, 0.3) is 5.91 Å². The summed E-state index contributed by atoms with van der Waals surface area (Å²) >= 11 is 5.82. The van der Waals surface area contributed by atoms with Crippen LogP contribution in [0.3, 0.4) is 0 Å². The summed E-state index contributed by atoms with van der Waals surface area (Å²) in [6, 6.07) is 14.6. The lowest BCUT2D eigenvalue weighted by molar-refractivity contribution is -0.123. The highest BCUT2D eigenvalue weighted by Gasteiger charge is 2.01. The lowest BCUT2D eigenvalue weighted by atomic mass is 10.1. The number of aryl methyl sites for hydroxylation is 1. The summed E-state index contributed by atoms with van der Waals surface area (Å²) in [6.07, 6.45) is 1.60. The van der Waals surface area contributed by atoms with Crippen molar-refractivity contribution in [2.45, 2.75) is 6.92 Å². The van der Waals surface area contributed by atoms with Crippen LogP contribution < -0.4 is 10.2 Å². The van der Waals surface area contributed by atoms with E-state index in [2.05, 4.69) is 10.5 Å². The van der Waals surface area contributed by atoms with Gasteiger partial charge < -0.3 is 4.74 Å². The predicted molar refractivity (Wildman–Crippen MR) is 83.9 cm³/mol. The quantitative estimate of drug-likeness (QED) is 0.681. The smallest absolute Gasteiger partial charge is 0.277 e. The molecule has 0 aliphatic heterocycles. The van der Waals surface area contributed by atoms with Crippen LogP contribution in [-0.2, 0) is 4.79 Å². The average Bonchev–Trinajstić information content (AvgIpc) is 2.47. The average molecular weight is 303 g/mol. The zero-order valence-electron chi connectivity index (χ0n) is 11.5. The van der Waals surface area contributed by atoms with E-state index in [1.54, 1.807) is 30.5 Å². The summed E-state index contributed by atoms with van der Waals surface area (Å²) in [7, 11) is 0. The standard InChI is InChI=1S/C16H15ClN2O2/c1-12-5-2-3-6-13(12)10-18-19-16(20)11-21-15-8-4-7-14(17)9-15/h2-10H,11H2,1H3,(H,19,20). The van der Waals surface area contributed by atoms with Gasteiger partial charge in [-0.25, -0.2) is 5.43 Å². The monoisotopic (exact) mass is 302 g/mol. The van der Waals surface area contributed by atoms with Crippen LogP contribution in [-0.4, -0.2) is 18.7 Å². The number of amides is 1. The Bertz CT molecular complexity index is 656. The van der Waals surface area contributed by atoms with Gasteiger partial charge in [-0.2, -0.15) is 5.10 Å². The third-order valence-corrected chi connectivity index (χ3v) is 2.98. The molecular formula is C16H15ClN2O2. The lowest BCUT2D eigenvalue weighted by Crippen LogP contribution is -2.24. The Morgan fingerprint density at radius 2 is 2.10 bits per heavy atom. The fraction of sp³-hybridized carbons (Fsp3) is 0.125. The number of hydrogen-bond donors (Lipinski definition) is 1. The van der Waals surface area contributed by atoms with Crippen LogP contribution in [0.5, 0.6) is 5.75 Å². The van der Waals surface area contributed by atoms with Crippen LogP contribution in [0.25, 0.3) is 0 Å². The van der Waals surface area contributed by atoms with Crippen LogP contribution in [0.15, 0.2) is 53.6 Å². The first-order chi connectivity index (χ1) is 10.1. The van der Waals surface area contributed by atoms with E-state index in [0.29, 0.717) is 10.8 Å². The Morgan fingerprint density at radius 3 is 2.86 bits per heavy atom. The number of nitrogens with zero attached hydrogens (tertiary/aromatic N) is 1. The van der Waals surface area contributed by atoms with Gasteiger partial charge in [0, 0.05) is 5.02 Å². The molecule has 21 heavy (non-hydrogen) atoms. The number of ether oxygens (including phenoxy) is 1. The van der Waals surface area contributed by atoms with Crippen LogP contribution in [0.1, 0.15) is 11.1 Å². The molecule has 0 bridgehead atoms. The third kappa shape index (κ3) is 4.93. The van der Waals surface area contributed by atoms with Crippen LogP contribution in [0.2, 0.25) is 5.02 Å². The first-order valence-corrected chi connectivity index (χ1v) is 6.79. The van der Waals surface area contributed by atoms with Crippen molar-refractivity contribution in [2.24, 2.45) is 5.10 Å². The normalized spacial score (nSPS) is 10.6. The van der Waals surface area contributed by atoms with Gasteiger partial charge >= 0.3 is 0 Å². The topological polar surface area (TPSA) is 50.7 Å². The molecule has 0 heterocycles. The van der Waals surface area contributed by atoms with E-state index < -0.39 is 0 Å². The number of rotatable bonds is 5. The number of benzene rings is 2. The molecule has 0 aromatic heterocycles. The molecule has 0 spiro atoms. The van der Waals surface area contributed by atoms with Crippen molar-refractivity contribution in [2.75, 3.05) is 6.61 Å². The minimum absolute atomic E-state index is 0.120. The molecule has 0 saturated heterocycles. The van der Waals surface area contributed by atoms with Crippen molar-refractivity contribution < 1.29 is 9.53 Å². The van der Waals surface area contributed by atoms with Crippen LogP contribution in [0.4, 0.5) is 0 Å². The van der Waals surface area contributed by atoms with Crippen molar-refractivity contribution in [3.05, 3.63) is 64.7 Å². The van der Waals surface area contributed by atoms with Gasteiger partial charge in [-0.3, -0.25) is 4.79 Å². The van der Waals surface area contributed by atoms with E-state index in [9.17, 15) is 4.79 Å². The lowest BCUT2D eigenvalue weighted by Gasteiger charge is -2.05. The molecule has 0 aliphatic rings. The van der Waals surface area contributed by atoms with E-state index >= 15 is 0 Å². The van der Waals surface area contributed by atoms with Crippen molar-refractivity contribution in [3.63, 3.8) is 0 Å². The molecule has 0 radical (unpaired) electrons. The number of halogens is 1. The van der Waals surface area contributed by atoms with E-state index in [1.165, 1.54) is 0 Å². The summed E-state index contributed by atoms with van der Waals surface area (Å²) in [5.41, 5.74) is 4.46. The summed E-state index contributed by atoms with van der Waals surface area (Å²) in [5.74, 6) is 0.209. The Labute approximate surface area is 128 Å². The first kappa shape index (κ1) is 15.1. The van der Waals surface area contributed by atoms with Gasteiger partial charge in [0.2, 0.25) is 0 Å². The number of hydrogen-bond acceptors (Lipinski definition) is 3. The molecular weight excluding hydrogens is 288 g/mol. The molecule has 2 aromatic carbocycles. The minimum atomic E-state index is -0.334. The van der Waals surface area contributed by atoms with Gasteiger partial charge in [0.15, 0.2) is 6.61 Å². The Balaban J connectivity index is 1.81. The second-order valence-corrected chi connectivity index (χ2v) is 4.83. The Kier molecular flexibility index (Phi) is 5.35. The van der Waals surface area contributed by atoms with Crippen LogP contribution in [0, 0.1) is 6.92 Å². The molecule has 2 rings (SSSR count). The Hall–Kier alpha value is -2.33. The molecule has 5 heteroatoms. The summed E-state index contributed by atoms with van der Waals surface area (Å²) in [5, 5.41) is 4.46. The highest BCUT2D eigenvalue weighted by atomic mass is 35.5. The van der Waals surface area contributed by atoms with E-state index in [1.807, 2.05) is 31.2 Å². The zero-order valence-corrected chi connectivity index (χ0v) is 12.3. The highest BCUT2D eigenvalue weighted by molar-refractivity contribution is 6.30. The molecule has 1 amide bonds. The largest absolute Gasteiger partial charge is 0.484 e. The first-order valence-electron chi connectivity index (χ1n) is 6.41. The second kappa shape index (κ2) is 7.45. The summed E-state index contributed by atoms with van der Waals surface area (Å²) in [4.78, 5) is 11.6. The van der Waals surface area contributed by atoms with Gasteiger partial charge in [-0.05, 0) is 36.2 Å². The summed E-state index contributed by atoms with van der Waals surface area (Å²) in [6.45, 7) is 1.86. The van der Waals surface area contributed by atoms with Gasteiger partial charge in [-0.15, -0.1) is 0 Å². The van der Waals surface area contributed by atoms with Crippen molar-refractivity contribution >= 4 is 23.7 Å². The Morgan fingerprint density at radius 1 is 1.29 bits per heavy atom. The molecule has 1 N–H and O–H groups in total. The molecule has 0 unspecified atom stereocenters. The fourth-order valence-corrected chi connectivity index (χ4v) is 1.82. The summed E-state index contributed by atoms with van der Waals surface area (Å²) < 4.78 is 5.30. The molecule has 0 fully saturated rings. The maximum Gasteiger partial charge on any atom is 0.277 e. The van der Waals surface area contributed by atoms with E-state index in [4.69, 9.17) is 16.3 Å². The maximum absolute atomic E-state index is 11.6. The van der Waals surface area contributed by atoms with Crippen molar-refractivity contribution in [3.8, 4) is 5.75 Å². The molecule has 4 nitrogen and oxygen atoms in total. The SMILES string of the molecule is Cc1ccccc1C=NNC(=O)COc1cccc(Cl)c1. The number of carbonyl (C=O) groups excluding carboxylic acids is 1. The van der Waals surface area contributed by atoms with Crippen molar-refractivity contribution in [1.29, 1.82) is 0 Å². The zero-order chi connectivity index (χ0) is 15.1. The van der Waals surface area contributed by atoms with Crippen LogP contribution >= 0.6 is 11.6 Å². The fourth-order valence-electron chi connectivity index (χ4n) is 1.64. The van der Waals surface area contributed by atoms with E-state index in [0.717, 1.165) is 11.1 Å². The highest BCUT2D eigenvalue weighted by Crippen LogP contribution is 2.16. The third-order valence-electron chi connectivity index (χ3n) is 2.75. The molecule has 0 atom stereocenters. The molecule has 2 aromatic rings. The number of hydrazone groups is 1. The minimum Gasteiger partial charge on any atom is -0.484 e. The van der Waals surface area contributed by atoms with Gasteiger partial charge in [0.1, 0.15) is 5.75 Å². The van der Waals surface area contributed by atoms with Gasteiger partial charge in [-0.1, -0.05) is 41.9 Å². The van der Waals surface area contributed by atoms with E-state index in [-0.39, 0.29) is 12.5 Å². The molecule has 0 saturated carbocycles. The maximum atomic E-state index is 11.6. The predicted octanol–water partition coefficient (Wildman–Crippen LogP) is 3.18. The molecule has 108 valence electrons. The number of carbonyl (C=O) groups is 1.